The van der Waals surface area contributed by atoms with Crippen LogP contribution in [-0.2, 0) is 11.2 Å². The third-order valence-electron chi connectivity index (χ3n) is 4.32. The van der Waals surface area contributed by atoms with Crippen molar-refractivity contribution in [2.24, 2.45) is 0 Å². The number of carbonyl (C=O) groups excluding carboxylic acids is 2. The van der Waals surface area contributed by atoms with Crippen LogP contribution in [-0.4, -0.2) is 31.4 Å². The molecule has 0 fully saturated rings. The molecule has 1 aliphatic heterocycles. The number of nitrogens with one attached hydrogen (secondary N) is 2. The fourth-order valence-electron chi connectivity index (χ4n) is 3.08. The average Bonchev–Trinajstić information content (AvgIpc) is 2.90. The molecular weight excluding hydrogens is 302 g/mol. The summed E-state index contributed by atoms with van der Waals surface area (Å²) in [6.07, 6.45) is 0.963. The molecule has 2 amide bonds. The lowest BCUT2D eigenvalue weighted by molar-refractivity contribution is -0.115. The van der Waals surface area contributed by atoms with Crippen LogP contribution in [0.25, 0.3) is 0 Å². The summed E-state index contributed by atoms with van der Waals surface area (Å²) in [5, 5.41) is 5.46. The summed E-state index contributed by atoms with van der Waals surface area (Å²) >= 11 is 0. The fourth-order valence-corrected chi connectivity index (χ4v) is 3.08. The van der Waals surface area contributed by atoms with Crippen molar-refractivity contribution >= 4 is 23.2 Å². The summed E-state index contributed by atoms with van der Waals surface area (Å²) in [5.74, 6) is -0.207. The lowest BCUT2D eigenvalue weighted by atomic mass is 10.1. The quantitative estimate of drug-likeness (QED) is 0.908. The van der Waals surface area contributed by atoms with Crippen LogP contribution in [0.3, 0.4) is 0 Å². The van der Waals surface area contributed by atoms with E-state index < -0.39 is 0 Å². The Balaban J connectivity index is 1.65. The summed E-state index contributed by atoms with van der Waals surface area (Å²) in [5.41, 5.74) is 3.67. The molecule has 0 saturated heterocycles. The molecule has 2 aromatic rings. The van der Waals surface area contributed by atoms with Crippen LogP contribution in [0.5, 0.6) is 0 Å². The number of amides is 2. The van der Waals surface area contributed by atoms with Gasteiger partial charge in [-0.25, -0.2) is 0 Å². The number of para-hydroxylation sites is 1. The normalized spacial score (nSPS) is 15.8. The van der Waals surface area contributed by atoms with Crippen molar-refractivity contribution in [2.45, 2.75) is 19.4 Å². The molecule has 0 radical (unpaired) electrons. The van der Waals surface area contributed by atoms with Gasteiger partial charge in [0.25, 0.3) is 5.91 Å². The number of fused-ring (bicyclic) bond motifs is 1. The van der Waals surface area contributed by atoms with E-state index in [0.29, 0.717) is 23.8 Å². The second kappa shape index (κ2) is 6.74. The predicted octanol–water partition coefficient (Wildman–Crippen LogP) is 2.44. The van der Waals surface area contributed by atoms with E-state index in [4.69, 9.17) is 0 Å². The van der Waals surface area contributed by atoms with Crippen LogP contribution >= 0.6 is 0 Å². The zero-order valence-corrected chi connectivity index (χ0v) is 13.9. The van der Waals surface area contributed by atoms with Crippen molar-refractivity contribution in [3.8, 4) is 0 Å². The van der Waals surface area contributed by atoms with Crippen molar-refractivity contribution in [2.75, 3.05) is 23.8 Å². The van der Waals surface area contributed by atoms with Crippen LogP contribution in [0.4, 0.5) is 11.4 Å². The van der Waals surface area contributed by atoms with Crippen LogP contribution < -0.4 is 15.5 Å². The van der Waals surface area contributed by atoms with Crippen molar-refractivity contribution in [3.05, 3.63) is 59.7 Å². The van der Waals surface area contributed by atoms with Gasteiger partial charge in [0.15, 0.2) is 0 Å². The Bertz CT molecular complexity index is 755. The van der Waals surface area contributed by atoms with Gasteiger partial charge in [0, 0.05) is 30.0 Å². The summed E-state index contributed by atoms with van der Waals surface area (Å²) < 4.78 is 0. The third-order valence-corrected chi connectivity index (χ3v) is 4.32. The van der Waals surface area contributed by atoms with E-state index in [1.165, 1.54) is 5.56 Å². The maximum absolute atomic E-state index is 12.4. The summed E-state index contributed by atoms with van der Waals surface area (Å²) in [7, 11) is 1.59. The van der Waals surface area contributed by atoms with Crippen LogP contribution in [0, 0.1) is 0 Å². The molecular formula is C19H21N3O2. The smallest absolute Gasteiger partial charge is 0.251 e. The van der Waals surface area contributed by atoms with E-state index >= 15 is 0 Å². The molecule has 0 saturated carbocycles. The van der Waals surface area contributed by atoms with E-state index in [1.807, 2.05) is 12.1 Å². The second-order valence-electron chi connectivity index (χ2n) is 6.01. The highest BCUT2D eigenvalue weighted by Crippen LogP contribution is 2.31. The SMILES string of the molecule is CNC(=O)c1ccc(NC(=O)CN2c3ccccc3C[C@@H]2C)cc1. The molecule has 1 heterocycles. The molecule has 0 aromatic heterocycles. The number of carbonyl (C=O) groups is 2. The van der Waals surface area contributed by atoms with Gasteiger partial charge in [-0.3, -0.25) is 9.59 Å². The Morgan fingerprint density at radius 1 is 1.12 bits per heavy atom. The van der Waals surface area contributed by atoms with E-state index in [9.17, 15) is 9.59 Å². The van der Waals surface area contributed by atoms with Crippen molar-refractivity contribution in [3.63, 3.8) is 0 Å². The van der Waals surface area contributed by atoms with Gasteiger partial charge < -0.3 is 15.5 Å². The highest BCUT2D eigenvalue weighted by Gasteiger charge is 2.26. The van der Waals surface area contributed by atoms with Crippen molar-refractivity contribution < 1.29 is 9.59 Å². The number of benzene rings is 2. The first-order valence-electron chi connectivity index (χ1n) is 8.05. The number of nitrogens with zero attached hydrogens (tertiary/aromatic N) is 1. The second-order valence-corrected chi connectivity index (χ2v) is 6.01. The molecule has 5 nitrogen and oxygen atoms in total. The number of hydrogen-bond acceptors (Lipinski definition) is 3. The van der Waals surface area contributed by atoms with E-state index in [-0.39, 0.29) is 11.8 Å². The first-order chi connectivity index (χ1) is 11.6. The van der Waals surface area contributed by atoms with Gasteiger partial charge in [-0.2, -0.15) is 0 Å². The highest BCUT2D eigenvalue weighted by molar-refractivity contribution is 5.97. The van der Waals surface area contributed by atoms with Crippen LogP contribution in [0.15, 0.2) is 48.5 Å². The Morgan fingerprint density at radius 3 is 2.54 bits per heavy atom. The van der Waals surface area contributed by atoms with Gasteiger partial charge in [0.05, 0.1) is 6.54 Å². The Morgan fingerprint density at radius 2 is 1.83 bits per heavy atom. The first-order valence-corrected chi connectivity index (χ1v) is 8.05. The largest absolute Gasteiger partial charge is 0.359 e. The molecule has 2 aromatic carbocycles. The Hall–Kier alpha value is -2.82. The number of anilines is 2. The maximum atomic E-state index is 12.4. The van der Waals surface area contributed by atoms with E-state index in [2.05, 4.69) is 34.6 Å². The van der Waals surface area contributed by atoms with E-state index in [0.717, 1.165) is 12.1 Å². The molecule has 124 valence electrons. The lowest BCUT2D eigenvalue weighted by Gasteiger charge is -2.24. The Kier molecular flexibility index (Phi) is 4.51. The fraction of sp³-hybridized carbons (Fsp3) is 0.263. The monoisotopic (exact) mass is 323 g/mol. The maximum Gasteiger partial charge on any atom is 0.251 e. The molecule has 1 atom stereocenters. The van der Waals surface area contributed by atoms with Gasteiger partial charge in [-0.05, 0) is 49.2 Å². The standard InChI is InChI=1S/C19H21N3O2/c1-13-11-15-5-3-4-6-17(15)22(13)12-18(23)21-16-9-7-14(8-10-16)19(24)20-2/h3-10,13H,11-12H2,1-2H3,(H,20,24)(H,21,23)/t13-/m0/s1. The first kappa shape index (κ1) is 16.1. The minimum absolute atomic E-state index is 0.0637. The molecule has 1 aliphatic rings. The van der Waals surface area contributed by atoms with Gasteiger partial charge in [-0.1, -0.05) is 18.2 Å². The molecule has 0 aliphatic carbocycles. The molecule has 5 heteroatoms. The minimum atomic E-state index is -0.143. The zero-order chi connectivity index (χ0) is 17.1. The Labute approximate surface area is 141 Å². The van der Waals surface area contributed by atoms with Crippen molar-refractivity contribution in [1.82, 2.24) is 5.32 Å². The van der Waals surface area contributed by atoms with E-state index in [1.54, 1.807) is 31.3 Å². The highest BCUT2D eigenvalue weighted by atomic mass is 16.2. The summed E-state index contributed by atoms with van der Waals surface area (Å²) in [4.78, 5) is 26.0. The zero-order valence-electron chi connectivity index (χ0n) is 13.9. The molecule has 0 spiro atoms. The summed E-state index contributed by atoms with van der Waals surface area (Å²) in [6.45, 7) is 2.45. The molecule has 3 rings (SSSR count). The van der Waals surface area contributed by atoms with Crippen LogP contribution in [0.1, 0.15) is 22.8 Å². The molecule has 2 N–H and O–H groups in total. The van der Waals surface area contributed by atoms with Gasteiger partial charge in [0.1, 0.15) is 0 Å². The minimum Gasteiger partial charge on any atom is -0.359 e. The van der Waals surface area contributed by atoms with Crippen molar-refractivity contribution in [1.29, 1.82) is 0 Å². The van der Waals surface area contributed by atoms with Gasteiger partial charge in [0.2, 0.25) is 5.91 Å². The number of hydrogen-bond donors (Lipinski definition) is 2. The predicted molar refractivity (Wildman–Crippen MR) is 95.4 cm³/mol. The van der Waals surface area contributed by atoms with Gasteiger partial charge in [-0.15, -0.1) is 0 Å². The average molecular weight is 323 g/mol. The molecule has 0 bridgehead atoms. The topological polar surface area (TPSA) is 61.4 Å². The lowest BCUT2D eigenvalue weighted by Crippen LogP contribution is -2.37. The summed E-state index contributed by atoms with van der Waals surface area (Å²) in [6, 6.07) is 15.4. The third kappa shape index (κ3) is 3.25. The number of rotatable bonds is 4. The molecule has 0 unspecified atom stereocenters. The van der Waals surface area contributed by atoms with Gasteiger partial charge >= 0.3 is 0 Å². The van der Waals surface area contributed by atoms with Crippen LogP contribution in [0.2, 0.25) is 0 Å². The molecule has 24 heavy (non-hydrogen) atoms.